The fraction of sp³-hybridized carbons (Fsp3) is 0.385. The number of hydrogen-bond donors (Lipinski definition) is 1. The molecule has 0 bridgehead atoms. The summed E-state index contributed by atoms with van der Waals surface area (Å²) in [5, 5.41) is 7.16. The second kappa shape index (κ2) is 5.53. The lowest BCUT2D eigenvalue weighted by molar-refractivity contribution is 0.383. The number of nitrogens with zero attached hydrogens (tertiary/aromatic N) is 3. The second-order valence-electron chi connectivity index (χ2n) is 4.22. The Kier molecular flexibility index (Phi) is 3.82. The molecule has 5 heteroatoms. The van der Waals surface area contributed by atoms with Crippen molar-refractivity contribution in [2.45, 2.75) is 20.4 Å². The van der Waals surface area contributed by atoms with Gasteiger partial charge in [0.25, 0.3) is 5.95 Å². The predicted molar refractivity (Wildman–Crippen MR) is 71.7 cm³/mol. The molecule has 0 fully saturated rings. The second-order valence-corrected chi connectivity index (χ2v) is 4.22. The Hall–Kier alpha value is -2.04. The van der Waals surface area contributed by atoms with Crippen LogP contribution in [0.5, 0.6) is 0 Å². The van der Waals surface area contributed by atoms with Gasteiger partial charge >= 0.3 is 0 Å². The Balaban J connectivity index is 1.94. The minimum atomic E-state index is 0.535. The average molecular weight is 246 g/mol. The summed E-state index contributed by atoms with van der Waals surface area (Å²) < 4.78 is 5.17. The van der Waals surface area contributed by atoms with E-state index < -0.39 is 0 Å². The molecule has 5 nitrogen and oxygen atoms in total. The van der Waals surface area contributed by atoms with Crippen molar-refractivity contribution in [2.24, 2.45) is 0 Å². The number of hydrogen-bond acceptors (Lipinski definition) is 5. The molecule has 1 aromatic heterocycles. The van der Waals surface area contributed by atoms with Crippen LogP contribution in [-0.4, -0.2) is 23.7 Å². The zero-order valence-corrected chi connectivity index (χ0v) is 11.0. The summed E-state index contributed by atoms with van der Waals surface area (Å²) in [6, 6.07) is 8.19. The van der Waals surface area contributed by atoms with Gasteiger partial charge in [0.1, 0.15) is 0 Å². The van der Waals surface area contributed by atoms with Gasteiger partial charge in [0.15, 0.2) is 0 Å². The number of aromatic nitrogens is 2. The van der Waals surface area contributed by atoms with E-state index in [4.69, 9.17) is 4.52 Å². The topological polar surface area (TPSA) is 54.2 Å². The molecule has 0 saturated heterocycles. The van der Waals surface area contributed by atoms with Crippen LogP contribution >= 0.6 is 0 Å². The maximum Gasteiger partial charge on any atom is 0.265 e. The summed E-state index contributed by atoms with van der Waals surface area (Å²) in [5.74, 6) is 1.21. The van der Waals surface area contributed by atoms with Gasteiger partial charge in [-0.05, 0) is 31.1 Å². The molecule has 0 radical (unpaired) electrons. The van der Waals surface area contributed by atoms with Gasteiger partial charge in [-0.15, -0.1) is 0 Å². The summed E-state index contributed by atoms with van der Waals surface area (Å²) in [5.41, 5.74) is 2.29. The summed E-state index contributed by atoms with van der Waals surface area (Å²) in [6.07, 6.45) is 0. The molecular formula is C13H18N4O. The third kappa shape index (κ3) is 3.00. The molecule has 0 spiro atoms. The molecule has 1 heterocycles. The van der Waals surface area contributed by atoms with Crippen LogP contribution in [0, 0.1) is 6.92 Å². The Morgan fingerprint density at radius 2 is 2.00 bits per heavy atom. The van der Waals surface area contributed by atoms with Crippen molar-refractivity contribution < 1.29 is 4.52 Å². The zero-order valence-electron chi connectivity index (χ0n) is 11.0. The number of anilines is 2. The molecule has 0 unspecified atom stereocenters. The Morgan fingerprint density at radius 3 is 2.67 bits per heavy atom. The van der Waals surface area contributed by atoms with Crippen LogP contribution < -0.4 is 10.2 Å². The van der Waals surface area contributed by atoms with Gasteiger partial charge in [0.2, 0.25) is 5.89 Å². The van der Waals surface area contributed by atoms with Crippen LogP contribution in [-0.2, 0) is 6.54 Å². The molecule has 0 saturated carbocycles. The van der Waals surface area contributed by atoms with Crippen molar-refractivity contribution in [3.05, 3.63) is 35.7 Å². The van der Waals surface area contributed by atoms with Gasteiger partial charge < -0.3 is 14.7 Å². The largest absolute Gasteiger partial charge is 0.376 e. The lowest BCUT2D eigenvalue weighted by atomic mass is 10.2. The molecule has 0 aliphatic carbocycles. The number of benzene rings is 1. The Labute approximate surface area is 107 Å². The van der Waals surface area contributed by atoms with Crippen molar-refractivity contribution >= 4 is 11.6 Å². The maximum absolute atomic E-state index is 5.17. The summed E-state index contributed by atoms with van der Waals surface area (Å²) in [6.45, 7) is 5.49. The highest BCUT2D eigenvalue weighted by atomic mass is 16.5. The molecular weight excluding hydrogens is 228 g/mol. The molecule has 1 N–H and O–H groups in total. The average Bonchev–Trinajstić information content (AvgIpc) is 2.86. The molecule has 96 valence electrons. The quantitative estimate of drug-likeness (QED) is 0.878. The molecule has 18 heavy (non-hydrogen) atoms. The molecule has 2 aromatic rings. The first kappa shape index (κ1) is 12.4. The van der Waals surface area contributed by atoms with Crippen molar-refractivity contribution in [2.75, 3.05) is 23.8 Å². The van der Waals surface area contributed by atoms with Crippen molar-refractivity contribution in [3.63, 3.8) is 0 Å². The summed E-state index contributed by atoms with van der Waals surface area (Å²) in [4.78, 5) is 6.23. The van der Waals surface area contributed by atoms with Crippen LogP contribution in [0.15, 0.2) is 28.8 Å². The van der Waals surface area contributed by atoms with Crippen molar-refractivity contribution in [3.8, 4) is 0 Å². The molecule has 0 atom stereocenters. The lowest BCUT2D eigenvalue weighted by Gasteiger charge is -2.08. The monoisotopic (exact) mass is 246 g/mol. The van der Waals surface area contributed by atoms with E-state index in [0.717, 1.165) is 12.2 Å². The molecule has 0 aliphatic rings. The Morgan fingerprint density at radius 1 is 1.28 bits per heavy atom. The predicted octanol–water partition coefficient (Wildman–Crippen LogP) is 2.45. The molecule has 0 aliphatic heterocycles. The first-order valence-electron chi connectivity index (χ1n) is 6.03. The van der Waals surface area contributed by atoms with Crippen LogP contribution in [0.25, 0.3) is 0 Å². The first-order valence-corrected chi connectivity index (χ1v) is 6.03. The van der Waals surface area contributed by atoms with E-state index >= 15 is 0 Å². The normalized spacial score (nSPS) is 10.4. The van der Waals surface area contributed by atoms with Crippen LogP contribution in [0.4, 0.5) is 11.6 Å². The highest BCUT2D eigenvalue weighted by molar-refractivity contribution is 5.44. The minimum absolute atomic E-state index is 0.535. The molecule has 2 rings (SSSR count). The highest BCUT2D eigenvalue weighted by Crippen LogP contribution is 2.11. The summed E-state index contributed by atoms with van der Waals surface area (Å²) >= 11 is 0. The van der Waals surface area contributed by atoms with Crippen LogP contribution in [0.3, 0.4) is 0 Å². The number of aryl methyl sites for hydroxylation is 1. The standard InChI is InChI=1S/C13H18N4O/c1-4-17(3)13-15-12(18-16-13)9-14-11-7-5-10(2)6-8-11/h5-8,14H,4,9H2,1-3H3. The highest BCUT2D eigenvalue weighted by Gasteiger charge is 2.08. The smallest absolute Gasteiger partial charge is 0.265 e. The lowest BCUT2D eigenvalue weighted by Crippen LogP contribution is -2.17. The van der Waals surface area contributed by atoms with E-state index in [9.17, 15) is 0 Å². The number of nitrogens with one attached hydrogen (secondary N) is 1. The fourth-order valence-electron chi connectivity index (χ4n) is 1.46. The van der Waals surface area contributed by atoms with Crippen molar-refractivity contribution in [1.82, 2.24) is 10.1 Å². The fourth-order valence-corrected chi connectivity index (χ4v) is 1.46. The van der Waals surface area contributed by atoms with Gasteiger partial charge in [-0.2, -0.15) is 4.98 Å². The van der Waals surface area contributed by atoms with Crippen LogP contribution in [0.2, 0.25) is 0 Å². The maximum atomic E-state index is 5.17. The van der Waals surface area contributed by atoms with Gasteiger partial charge in [-0.25, -0.2) is 0 Å². The first-order chi connectivity index (χ1) is 8.69. The van der Waals surface area contributed by atoms with Gasteiger partial charge in [-0.1, -0.05) is 17.7 Å². The van der Waals surface area contributed by atoms with Gasteiger partial charge in [0, 0.05) is 19.3 Å². The van der Waals surface area contributed by atoms with Gasteiger partial charge in [-0.3, -0.25) is 0 Å². The van der Waals surface area contributed by atoms with E-state index in [1.54, 1.807) is 0 Å². The van der Waals surface area contributed by atoms with E-state index in [2.05, 4.69) is 34.5 Å². The summed E-state index contributed by atoms with van der Waals surface area (Å²) in [7, 11) is 1.93. The number of rotatable bonds is 5. The third-order valence-electron chi connectivity index (χ3n) is 2.77. The SMILES string of the molecule is CCN(C)c1noc(CNc2ccc(C)cc2)n1. The van der Waals surface area contributed by atoms with E-state index in [-0.39, 0.29) is 0 Å². The molecule has 0 amide bonds. The zero-order chi connectivity index (χ0) is 13.0. The third-order valence-corrected chi connectivity index (χ3v) is 2.77. The van der Waals surface area contributed by atoms with E-state index in [1.807, 2.05) is 31.0 Å². The van der Waals surface area contributed by atoms with Gasteiger partial charge in [0.05, 0.1) is 6.54 Å². The minimum Gasteiger partial charge on any atom is -0.376 e. The van der Waals surface area contributed by atoms with E-state index in [1.165, 1.54) is 5.56 Å². The van der Waals surface area contributed by atoms with Crippen LogP contribution in [0.1, 0.15) is 18.4 Å². The van der Waals surface area contributed by atoms with Crippen molar-refractivity contribution in [1.29, 1.82) is 0 Å². The Bertz CT molecular complexity index is 492. The van der Waals surface area contributed by atoms with E-state index in [0.29, 0.717) is 18.4 Å². The molecule has 1 aromatic carbocycles.